The molecule has 0 aromatic carbocycles. The van der Waals surface area contributed by atoms with Crippen molar-refractivity contribution in [3.05, 3.63) is 0 Å². The minimum atomic E-state index is -0.152. The van der Waals surface area contributed by atoms with Gasteiger partial charge in [0.25, 0.3) is 0 Å². The van der Waals surface area contributed by atoms with E-state index in [-0.39, 0.29) is 23.9 Å². The van der Waals surface area contributed by atoms with Crippen molar-refractivity contribution < 1.29 is 9.53 Å². The molecule has 4 heteroatoms. The summed E-state index contributed by atoms with van der Waals surface area (Å²) in [6.45, 7) is 3.23. The van der Waals surface area contributed by atoms with Gasteiger partial charge in [-0.15, -0.1) is 0 Å². The Morgan fingerprint density at radius 1 is 1.14 bits per heavy atom. The second kappa shape index (κ2) is 4.95. The number of ether oxygens (including phenoxy) is 1. The Morgan fingerprint density at radius 3 is 2.19 bits per heavy atom. The molecule has 0 aromatic rings. The van der Waals surface area contributed by atoms with Crippen molar-refractivity contribution in [2.24, 2.45) is 34.8 Å². The summed E-state index contributed by atoms with van der Waals surface area (Å²) < 4.78 is 5.34. The standard InChI is InChI=1S/C17H28N2O2/c1-10(19-16(20)14-8-21-9-15(14)18)17-5-11-2-12(6-17)4-13(3-11)7-17/h10-15H,2-9,18H2,1H3,(H,19,20). The summed E-state index contributed by atoms with van der Waals surface area (Å²) in [5, 5.41) is 3.31. The van der Waals surface area contributed by atoms with Gasteiger partial charge < -0.3 is 15.8 Å². The highest BCUT2D eigenvalue weighted by molar-refractivity contribution is 5.80. The molecule has 0 aromatic heterocycles. The van der Waals surface area contributed by atoms with E-state index in [4.69, 9.17) is 10.5 Å². The van der Waals surface area contributed by atoms with Gasteiger partial charge >= 0.3 is 0 Å². The third kappa shape index (κ3) is 2.31. The summed E-state index contributed by atoms with van der Waals surface area (Å²) in [6.07, 6.45) is 8.32. The molecule has 0 spiro atoms. The third-order valence-corrected chi connectivity index (χ3v) is 6.82. The van der Waals surface area contributed by atoms with Crippen LogP contribution in [0.5, 0.6) is 0 Å². The maximum Gasteiger partial charge on any atom is 0.227 e. The van der Waals surface area contributed by atoms with Crippen LogP contribution in [0.15, 0.2) is 0 Å². The van der Waals surface area contributed by atoms with E-state index in [0.29, 0.717) is 18.6 Å². The highest BCUT2D eigenvalue weighted by Gasteiger charge is 2.53. The van der Waals surface area contributed by atoms with E-state index >= 15 is 0 Å². The van der Waals surface area contributed by atoms with Gasteiger partial charge in [-0.3, -0.25) is 4.79 Å². The Balaban J connectivity index is 1.45. The number of hydrogen-bond acceptors (Lipinski definition) is 3. The second-order valence-electron chi connectivity index (χ2n) is 8.32. The molecule has 1 aliphatic heterocycles. The molecular weight excluding hydrogens is 264 g/mol. The molecule has 21 heavy (non-hydrogen) atoms. The van der Waals surface area contributed by atoms with E-state index in [1.807, 2.05) is 0 Å². The van der Waals surface area contributed by atoms with Crippen molar-refractivity contribution in [3.63, 3.8) is 0 Å². The fourth-order valence-corrected chi connectivity index (χ4v) is 6.02. The van der Waals surface area contributed by atoms with Gasteiger partial charge in [-0.1, -0.05) is 0 Å². The number of nitrogens with one attached hydrogen (secondary N) is 1. The van der Waals surface area contributed by atoms with Crippen molar-refractivity contribution in [2.45, 2.75) is 57.5 Å². The van der Waals surface area contributed by atoms with E-state index in [1.165, 1.54) is 38.5 Å². The third-order valence-electron chi connectivity index (χ3n) is 6.82. The maximum atomic E-state index is 12.5. The lowest BCUT2D eigenvalue weighted by molar-refractivity contribution is -0.130. The first kappa shape index (κ1) is 14.0. The van der Waals surface area contributed by atoms with Crippen molar-refractivity contribution >= 4 is 5.91 Å². The van der Waals surface area contributed by atoms with Crippen molar-refractivity contribution in [2.75, 3.05) is 13.2 Å². The zero-order valence-electron chi connectivity index (χ0n) is 13.0. The van der Waals surface area contributed by atoms with Crippen LogP contribution in [-0.2, 0) is 9.53 Å². The van der Waals surface area contributed by atoms with Crippen LogP contribution in [0.3, 0.4) is 0 Å². The lowest BCUT2D eigenvalue weighted by Gasteiger charge is -2.59. The summed E-state index contributed by atoms with van der Waals surface area (Å²) >= 11 is 0. The Kier molecular flexibility index (Phi) is 3.30. The zero-order chi connectivity index (χ0) is 14.6. The van der Waals surface area contributed by atoms with Gasteiger partial charge in [0.1, 0.15) is 0 Å². The van der Waals surface area contributed by atoms with E-state index in [1.54, 1.807) is 0 Å². The summed E-state index contributed by atoms with van der Waals surface area (Å²) in [5.41, 5.74) is 6.35. The number of carbonyl (C=O) groups is 1. The Labute approximate surface area is 127 Å². The molecule has 1 saturated heterocycles. The molecule has 3 unspecified atom stereocenters. The first-order valence-electron chi connectivity index (χ1n) is 8.69. The summed E-state index contributed by atoms with van der Waals surface area (Å²) in [6, 6.07) is 0.153. The molecular formula is C17H28N2O2. The van der Waals surface area contributed by atoms with Crippen molar-refractivity contribution in [1.29, 1.82) is 0 Å². The quantitative estimate of drug-likeness (QED) is 0.832. The minimum absolute atomic E-state index is 0.114. The minimum Gasteiger partial charge on any atom is -0.379 e. The van der Waals surface area contributed by atoms with Crippen LogP contribution in [-0.4, -0.2) is 31.2 Å². The number of carbonyl (C=O) groups excluding carboxylic acids is 1. The first-order valence-corrected chi connectivity index (χ1v) is 8.69. The molecule has 4 bridgehead atoms. The van der Waals surface area contributed by atoms with E-state index in [2.05, 4.69) is 12.2 Å². The lowest BCUT2D eigenvalue weighted by atomic mass is 9.48. The van der Waals surface area contributed by atoms with Crippen LogP contribution in [0.4, 0.5) is 0 Å². The topological polar surface area (TPSA) is 64.3 Å². The average molecular weight is 292 g/mol. The van der Waals surface area contributed by atoms with E-state index in [0.717, 1.165) is 17.8 Å². The highest BCUT2D eigenvalue weighted by Crippen LogP contribution is 2.61. The van der Waals surface area contributed by atoms with Gasteiger partial charge in [-0.25, -0.2) is 0 Å². The fourth-order valence-electron chi connectivity index (χ4n) is 6.02. The summed E-state index contributed by atoms with van der Waals surface area (Å²) in [7, 11) is 0. The molecule has 5 aliphatic rings. The molecule has 5 rings (SSSR count). The second-order valence-corrected chi connectivity index (χ2v) is 8.32. The average Bonchev–Trinajstić information content (AvgIpc) is 2.83. The summed E-state index contributed by atoms with van der Waals surface area (Å²) in [5.74, 6) is 2.73. The summed E-state index contributed by atoms with van der Waals surface area (Å²) in [4.78, 5) is 12.5. The number of rotatable bonds is 3. The van der Waals surface area contributed by atoms with Gasteiger partial charge in [0.05, 0.1) is 19.1 Å². The molecule has 1 amide bonds. The van der Waals surface area contributed by atoms with Gasteiger partial charge in [-0.05, 0) is 68.6 Å². The fraction of sp³-hybridized carbons (Fsp3) is 0.941. The Bertz CT molecular complexity index is 401. The van der Waals surface area contributed by atoms with Gasteiger partial charge in [0.2, 0.25) is 5.91 Å². The molecule has 5 fully saturated rings. The maximum absolute atomic E-state index is 12.5. The smallest absolute Gasteiger partial charge is 0.227 e. The van der Waals surface area contributed by atoms with Crippen LogP contribution >= 0.6 is 0 Å². The van der Waals surface area contributed by atoms with Crippen LogP contribution in [0.2, 0.25) is 0 Å². The molecule has 0 radical (unpaired) electrons. The van der Waals surface area contributed by atoms with Crippen molar-refractivity contribution in [1.82, 2.24) is 5.32 Å². The van der Waals surface area contributed by atoms with Gasteiger partial charge in [-0.2, -0.15) is 0 Å². The molecule has 4 saturated carbocycles. The molecule has 4 nitrogen and oxygen atoms in total. The van der Waals surface area contributed by atoms with Crippen LogP contribution in [0, 0.1) is 29.1 Å². The van der Waals surface area contributed by atoms with Gasteiger partial charge in [0.15, 0.2) is 0 Å². The molecule has 3 N–H and O–H groups in total. The normalized spacial score (nSPS) is 49.3. The predicted molar refractivity (Wildman–Crippen MR) is 80.5 cm³/mol. The Hall–Kier alpha value is -0.610. The Morgan fingerprint density at radius 2 is 1.71 bits per heavy atom. The van der Waals surface area contributed by atoms with E-state index < -0.39 is 0 Å². The molecule has 118 valence electrons. The zero-order valence-corrected chi connectivity index (χ0v) is 13.0. The molecule has 3 atom stereocenters. The van der Waals surface area contributed by atoms with Crippen LogP contribution < -0.4 is 11.1 Å². The van der Waals surface area contributed by atoms with Crippen LogP contribution in [0.1, 0.15) is 45.4 Å². The lowest BCUT2D eigenvalue weighted by Crippen LogP contribution is -2.57. The van der Waals surface area contributed by atoms with E-state index in [9.17, 15) is 4.79 Å². The molecule has 4 aliphatic carbocycles. The largest absolute Gasteiger partial charge is 0.379 e. The first-order chi connectivity index (χ1) is 10.1. The monoisotopic (exact) mass is 292 g/mol. The number of amides is 1. The van der Waals surface area contributed by atoms with Crippen LogP contribution in [0.25, 0.3) is 0 Å². The highest BCUT2D eigenvalue weighted by atomic mass is 16.5. The molecule has 1 heterocycles. The number of nitrogens with two attached hydrogens (primary N) is 1. The number of hydrogen-bond donors (Lipinski definition) is 2. The van der Waals surface area contributed by atoms with Crippen molar-refractivity contribution in [3.8, 4) is 0 Å². The SMILES string of the molecule is CC(NC(=O)C1COCC1N)C12CC3CC(CC(C3)C1)C2. The van der Waals surface area contributed by atoms with Gasteiger partial charge in [0, 0.05) is 12.1 Å². The predicted octanol–water partition coefficient (Wildman–Crippen LogP) is 1.68.